The fourth-order valence-corrected chi connectivity index (χ4v) is 7.34. The van der Waals surface area contributed by atoms with Crippen molar-refractivity contribution in [1.82, 2.24) is 27.4 Å². The van der Waals surface area contributed by atoms with Crippen molar-refractivity contribution in [2.75, 3.05) is 19.8 Å². The number of ether oxygens (including phenoxy) is 4. The van der Waals surface area contributed by atoms with Crippen molar-refractivity contribution in [3.8, 4) is 0 Å². The number of carbonyl (C=O) groups excluding carboxylic acids is 4. The van der Waals surface area contributed by atoms with Crippen molar-refractivity contribution in [1.29, 1.82) is 0 Å². The molecule has 69 heavy (non-hydrogen) atoms. The molecule has 0 spiro atoms. The molecule has 2 heterocycles. The summed E-state index contributed by atoms with van der Waals surface area (Å²) >= 11 is 0. The van der Waals surface area contributed by atoms with Gasteiger partial charge in [0.05, 0.1) is 56.6 Å². The second-order valence-corrected chi connectivity index (χ2v) is 17.3. The van der Waals surface area contributed by atoms with E-state index in [0.717, 1.165) is 12.8 Å². The van der Waals surface area contributed by atoms with Crippen LogP contribution in [0.5, 0.6) is 0 Å². The van der Waals surface area contributed by atoms with Crippen LogP contribution in [0.25, 0.3) is 10.8 Å². The van der Waals surface area contributed by atoms with Gasteiger partial charge in [-0.3, -0.25) is 14.4 Å². The molecule has 0 saturated heterocycles. The van der Waals surface area contributed by atoms with E-state index in [0.29, 0.717) is 63.0 Å². The first-order chi connectivity index (χ1) is 32.5. The first-order valence-corrected chi connectivity index (χ1v) is 22.6. The summed E-state index contributed by atoms with van der Waals surface area (Å²) in [7, 11) is 0. The van der Waals surface area contributed by atoms with Crippen molar-refractivity contribution >= 4 is 40.6 Å². The van der Waals surface area contributed by atoms with Gasteiger partial charge >= 0.3 is 64.0 Å². The molecular weight excluding hydrogens is 909 g/mol. The zero-order valence-corrected chi connectivity index (χ0v) is 39.7. The highest BCUT2D eigenvalue weighted by atomic mass is 16.6. The zero-order chi connectivity index (χ0) is 51.2. The molecule has 0 radical (unpaired) electrons. The number of carboxylic acid groups (broad SMARTS) is 1. The lowest BCUT2D eigenvalue weighted by atomic mass is 10.0. The van der Waals surface area contributed by atoms with Gasteiger partial charge in [-0.2, -0.15) is 0 Å². The Morgan fingerprint density at radius 3 is 1.39 bits per heavy atom. The van der Waals surface area contributed by atoms with Gasteiger partial charge < -0.3 is 29.2 Å². The standard InChI is InChI=1S/C46H60N6O17/c1-7-9-18-46(5,6)69-38(59)33-13-11-30-28-32(12-10-31(30)29-33)37(58)67-27-24-52-43(64)50(22-25-53)42(63)51(44(52)65)23-26-66-35(56)15-20-48-39(60)47(19-14-34(54)55)40(61)49(41(48)62)21-16-36(57)68-45(3,4)17-8-2/h10-13,28-29,53H,7-9,14-27H2,1-6H3,(H,54,55). The Morgan fingerprint density at radius 2 is 0.928 bits per heavy atom. The molecule has 23 nitrogen and oxygen atoms in total. The third kappa shape index (κ3) is 14.7. The van der Waals surface area contributed by atoms with Crippen molar-refractivity contribution in [2.24, 2.45) is 0 Å². The molecule has 0 atom stereocenters. The predicted octanol–water partition coefficient (Wildman–Crippen LogP) is 1.41. The van der Waals surface area contributed by atoms with Crippen LogP contribution in [0.2, 0.25) is 0 Å². The summed E-state index contributed by atoms with van der Waals surface area (Å²) < 4.78 is 24.9. The highest BCUT2D eigenvalue weighted by Crippen LogP contribution is 2.23. The number of carbonyl (C=O) groups is 5. The van der Waals surface area contributed by atoms with Gasteiger partial charge in [-0.05, 0) is 82.0 Å². The maximum atomic E-state index is 13.5. The van der Waals surface area contributed by atoms with E-state index in [1.54, 1.807) is 38.1 Å². The molecule has 0 aliphatic carbocycles. The Morgan fingerprint density at radius 1 is 0.507 bits per heavy atom. The number of rotatable bonds is 26. The van der Waals surface area contributed by atoms with Crippen LogP contribution >= 0.6 is 0 Å². The second kappa shape index (κ2) is 24.2. The molecule has 2 N–H and O–H groups in total. The van der Waals surface area contributed by atoms with Crippen LogP contribution < -0.4 is 34.1 Å². The van der Waals surface area contributed by atoms with Gasteiger partial charge in [-0.15, -0.1) is 0 Å². The van der Waals surface area contributed by atoms with Gasteiger partial charge in [-0.25, -0.2) is 65.8 Å². The van der Waals surface area contributed by atoms with Gasteiger partial charge in [0, 0.05) is 19.6 Å². The van der Waals surface area contributed by atoms with E-state index in [9.17, 15) is 63.0 Å². The largest absolute Gasteiger partial charge is 0.481 e. The molecule has 0 bridgehead atoms. The Balaban J connectivity index is 1.44. The average molecular weight is 969 g/mol. The summed E-state index contributed by atoms with van der Waals surface area (Å²) in [6, 6.07) is 9.49. The number of esters is 4. The lowest BCUT2D eigenvalue weighted by Gasteiger charge is -2.25. The van der Waals surface area contributed by atoms with E-state index in [4.69, 9.17) is 18.9 Å². The number of benzene rings is 2. The van der Waals surface area contributed by atoms with Crippen LogP contribution in [0, 0.1) is 0 Å². The van der Waals surface area contributed by atoms with E-state index in [1.165, 1.54) is 12.1 Å². The fourth-order valence-electron chi connectivity index (χ4n) is 7.34. The van der Waals surface area contributed by atoms with Gasteiger partial charge in [0.25, 0.3) is 0 Å². The number of hydrogen-bond donors (Lipinski definition) is 2. The van der Waals surface area contributed by atoms with E-state index >= 15 is 0 Å². The lowest BCUT2D eigenvalue weighted by Crippen LogP contribution is -2.55. The fraction of sp³-hybridized carbons (Fsp3) is 0.543. The Labute approximate surface area is 394 Å². The Hall–Kier alpha value is -7.17. The molecule has 2 aromatic carbocycles. The van der Waals surface area contributed by atoms with E-state index < -0.39 is 154 Å². The van der Waals surface area contributed by atoms with E-state index in [-0.39, 0.29) is 5.56 Å². The van der Waals surface area contributed by atoms with Crippen LogP contribution in [0.4, 0.5) is 0 Å². The molecule has 0 aliphatic rings. The Kier molecular flexibility index (Phi) is 19.1. The number of aliphatic hydroxyl groups is 1. The van der Waals surface area contributed by atoms with Crippen molar-refractivity contribution in [2.45, 2.75) is 143 Å². The molecule has 376 valence electrons. The highest BCUT2D eigenvalue weighted by Gasteiger charge is 2.25. The normalized spacial score (nSPS) is 11.6. The molecule has 0 unspecified atom stereocenters. The maximum Gasteiger partial charge on any atom is 0.338 e. The molecule has 4 aromatic rings. The van der Waals surface area contributed by atoms with Crippen molar-refractivity contribution < 1.29 is 53.1 Å². The number of aliphatic carboxylic acids is 1. The molecular formula is C46H60N6O17. The minimum atomic E-state index is -1.35. The summed E-state index contributed by atoms with van der Waals surface area (Å²) in [6.07, 6.45) is 2.01. The van der Waals surface area contributed by atoms with Crippen LogP contribution in [-0.2, 0) is 72.6 Å². The molecule has 0 fully saturated rings. The SMILES string of the molecule is CCCCC(C)(C)OC(=O)c1ccc2cc(C(=O)OCCn3c(=O)n(CCO)c(=O)n(CCOC(=O)CCn4c(=O)n(CCC(=O)O)c(=O)n(CCC(=O)OC(C)(C)CCC)c4=O)c3=O)ccc2c1. The smallest absolute Gasteiger partial charge is 0.338 e. The van der Waals surface area contributed by atoms with Crippen LogP contribution in [0.3, 0.4) is 0 Å². The molecule has 23 heteroatoms. The second-order valence-electron chi connectivity index (χ2n) is 17.3. The van der Waals surface area contributed by atoms with Crippen molar-refractivity contribution in [3.63, 3.8) is 0 Å². The summed E-state index contributed by atoms with van der Waals surface area (Å²) in [4.78, 5) is 142. The number of hydrogen-bond acceptors (Lipinski definition) is 16. The summed E-state index contributed by atoms with van der Waals surface area (Å²) in [6.45, 7) is 5.69. The predicted molar refractivity (Wildman–Crippen MR) is 246 cm³/mol. The number of aromatic nitrogens is 6. The molecule has 4 rings (SSSR count). The minimum absolute atomic E-state index is 0.120. The molecule has 2 aromatic heterocycles. The average Bonchev–Trinajstić information content (AvgIpc) is 3.28. The lowest BCUT2D eigenvalue weighted by molar-refractivity contribution is -0.157. The third-order valence-electron chi connectivity index (χ3n) is 10.9. The highest BCUT2D eigenvalue weighted by molar-refractivity contribution is 5.99. The summed E-state index contributed by atoms with van der Waals surface area (Å²) in [5.41, 5.74) is -8.04. The molecule has 0 amide bonds. The first-order valence-electron chi connectivity index (χ1n) is 22.6. The molecule has 0 aliphatic heterocycles. The monoisotopic (exact) mass is 968 g/mol. The van der Waals surface area contributed by atoms with Crippen molar-refractivity contribution in [3.05, 3.63) is 110 Å². The van der Waals surface area contributed by atoms with E-state index in [1.807, 2.05) is 27.7 Å². The number of aliphatic hydroxyl groups excluding tert-OH is 1. The number of nitrogens with zero attached hydrogens (tertiary/aromatic N) is 6. The van der Waals surface area contributed by atoms with Gasteiger partial charge in [0.2, 0.25) is 0 Å². The Bertz CT molecular complexity index is 2910. The van der Waals surface area contributed by atoms with Gasteiger partial charge in [-0.1, -0.05) is 38.8 Å². The number of unbranched alkanes of at least 4 members (excludes halogenated alkanes) is 1. The van der Waals surface area contributed by atoms with Gasteiger partial charge in [0.1, 0.15) is 24.4 Å². The maximum absolute atomic E-state index is 13.5. The topological polar surface area (TPSA) is 295 Å². The van der Waals surface area contributed by atoms with Crippen LogP contribution in [-0.4, -0.2) is 98.5 Å². The summed E-state index contributed by atoms with van der Waals surface area (Å²) in [5, 5.41) is 20.0. The van der Waals surface area contributed by atoms with Crippen LogP contribution in [0.15, 0.2) is 65.2 Å². The number of fused-ring (bicyclic) bond motifs is 1. The zero-order valence-electron chi connectivity index (χ0n) is 39.7. The quantitative estimate of drug-likeness (QED) is 0.0664. The van der Waals surface area contributed by atoms with E-state index in [2.05, 4.69) is 0 Å². The molecule has 0 saturated carbocycles. The third-order valence-corrected chi connectivity index (χ3v) is 10.9. The summed E-state index contributed by atoms with van der Waals surface area (Å²) in [5.74, 6) is -4.43. The minimum Gasteiger partial charge on any atom is -0.481 e. The first kappa shape index (κ1) is 54.4. The van der Waals surface area contributed by atoms with Gasteiger partial charge in [0.15, 0.2) is 0 Å². The van der Waals surface area contributed by atoms with Crippen LogP contribution in [0.1, 0.15) is 114 Å². The number of carboxylic acids is 1.